The van der Waals surface area contributed by atoms with Crippen molar-refractivity contribution >= 4 is 35.0 Å². The van der Waals surface area contributed by atoms with Crippen LogP contribution in [0.4, 0.5) is 0 Å². The van der Waals surface area contributed by atoms with E-state index in [4.69, 9.17) is 16.3 Å². The van der Waals surface area contributed by atoms with Crippen molar-refractivity contribution in [1.29, 1.82) is 0 Å². The Morgan fingerprint density at radius 1 is 1.20 bits per heavy atom. The summed E-state index contributed by atoms with van der Waals surface area (Å²) in [7, 11) is 1.24. The monoisotopic (exact) mass is 356 g/mol. The molecule has 0 aliphatic carbocycles. The zero-order valence-electron chi connectivity index (χ0n) is 13.3. The van der Waals surface area contributed by atoms with Crippen molar-refractivity contribution in [2.75, 3.05) is 13.7 Å². The quantitative estimate of drug-likeness (QED) is 0.478. The Labute approximate surface area is 148 Å². The van der Waals surface area contributed by atoms with Gasteiger partial charge in [-0.2, -0.15) is 0 Å². The Balaban J connectivity index is 1.91. The number of pyridine rings is 1. The molecule has 2 aromatic rings. The molecule has 6 nitrogen and oxygen atoms in total. The third kappa shape index (κ3) is 2.92. The third-order valence-electron chi connectivity index (χ3n) is 3.88. The van der Waals surface area contributed by atoms with E-state index in [0.717, 1.165) is 4.90 Å². The minimum Gasteiger partial charge on any atom is -0.465 e. The van der Waals surface area contributed by atoms with Crippen LogP contribution in [0.3, 0.4) is 0 Å². The fraction of sp³-hybridized carbons (Fsp3) is 0.111. The number of carbonyl (C=O) groups is 3. The molecular weight excluding hydrogens is 344 g/mol. The summed E-state index contributed by atoms with van der Waals surface area (Å²) in [4.78, 5) is 41.8. The lowest BCUT2D eigenvalue weighted by Crippen LogP contribution is -2.31. The minimum absolute atomic E-state index is 0.0698. The van der Waals surface area contributed by atoms with E-state index in [1.807, 2.05) is 0 Å². The number of hydrogen-bond acceptors (Lipinski definition) is 5. The number of benzene rings is 1. The number of methoxy groups -OCH3 is 1. The maximum Gasteiger partial charge on any atom is 0.338 e. The highest BCUT2D eigenvalue weighted by Gasteiger charge is 2.35. The standard InChI is InChI=1S/C18H13ClN2O4/c1-10(14-8-20-15(19)7-13(14)18(24)25-2)9-21-16(22)11-5-3-4-6-12(11)17(21)23/h3-8H,1,9H2,2H3. The van der Waals surface area contributed by atoms with E-state index in [0.29, 0.717) is 22.3 Å². The number of fused-ring (bicyclic) bond motifs is 1. The maximum absolute atomic E-state index is 12.4. The summed E-state index contributed by atoms with van der Waals surface area (Å²) in [5.41, 5.74) is 1.61. The lowest BCUT2D eigenvalue weighted by molar-refractivity contribution is 0.0599. The number of halogens is 1. The van der Waals surface area contributed by atoms with Gasteiger partial charge in [0.2, 0.25) is 0 Å². The number of aromatic nitrogens is 1. The smallest absolute Gasteiger partial charge is 0.338 e. The molecule has 0 atom stereocenters. The van der Waals surface area contributed by atoms with Crippen LogP contribution in [0, 0.1) is 0 Å². The SMILES string of the molecule is C=C(CN1C(=O)c2ccccc2C1=O)c1cnc(Cl)cc1C(=O)OC. The molecule has 2 heterocycles. The fourth-order valence-corrected chi connectivity index (χ4v) is 2.81. The van der Waals surface area contributed by atoms with Gasteiger partial charge in [-0.15, -0.1) is 0 Å². The van der Waals surface area contributed by atoms with Crippen molar-refractivity contribution in [1.82, 2.24) is 9.88 Å². The summed E-state index contributed by atoms with van der Waals surface area (Å²) in [6.45, 7) is 3.82. The number of ether oxygens (including phenoxy) is 1. The van der Waals surface area contributed by atoms with Gasteiger partial charge in [-0.3, -0.25) is 14.5 Å². The Bertz CT molecular complexity index is 888. The highest BCUT2D eigenvalue weighted by Crippen LogP contribution is 2.27. The van der Waals surface area contributed by atoms with Crippen molar-refractivity contribution in [2.24, 2.45) is 0 Å². The molecule has 7 heteroatoms. The van der Waals surface area contributed by atoms with Crippen LogP contribution >= 0.6 is 11.6 Å². The number of nitrogens with zero attached hydrogens (tertiary/aromatic N) is 2. The molecule has 1 aromatic carbocycles. The number of esters is 1. The van der Waals surface area contributed by atoms with Crippen LogP contribution in [0.2, 0.25) is 5.15 Å². The Morgan fingerprint density at radius 2 is 1.80 bits per heavy atom. The van der Waals surface area contributed by atoms with Crippen LogP contribution in [-0.4, -0.2) is 41.3 Å². The van der Waals surface area contributed by atoms with Crippen LogP contribution in [-0.2, 0) is 4.74 Å². The van der Waals surface area contributed by atoms with E-state index in [2.05, 4.69) is 11.6 Å². The number of hydrogen-bond donors (Lipinski definition) is 0. The molecule has 3 rings (SSSR count). The van der Waals surface area contributed by atoms with Gasteiger partial charge >= 0.3 is 5.97 Å². The largest absolute Gasteiger partial charge is 0.465 e. The van der Waals surface area contributed by atoms with Gasteiger partial charge in [0.05, 0.1) is 30.3 Å². The number of carbonyl (C=O) groups excluding carboxylic acids is 3. The van der Waals surface area contributed by atoms with Gasteiger partial charge in [-0.1, -0.05) is 30.3 Å². The van der Waals surface area contributed by atoms with E-state index < -0.39 is 17.8 Å². The molecule has 0 fully saturated rings. The highest BCUT2D eigenvalue weighted by atomic mass is 35.5. The average Bonchev–Trinajstić information content (AvgIpc) is 2.86. The van der Waals surface area contributed by atoms with Gasteiger partial charge in [-0.25, -0.2) is 9.78 Å². The first-order valence-corrected chi connectivity index (χ1v) is 7.69. The highest BCUT2D eigenvalue weighted by molar-refractivity contribution is 6.29. The molecule has 1 aliphatic heterocycles. The van der Waals surface area contributed by atoms with Crippen LogP contribution in [0.1, 0.15) is 36.6 Å². The van der Waals surface area contributed by atoms with Crippen molar-refractivity contribution in [3.05, 3.63) is 70.5 Å². The summed E-state index contributed by atoms with van der Waals surface area (Å²) < 4.78 is 4.73. The van der Waals surface area contributed by atoms with Crippen LogP contribution in [0.15, 0.2) is 43.1 Å². The van der Waals surface area contributed by atoms with E-state index >= 15 is 0 Å². The summed E-state index contributed by atoms with van der Waals surface area (Å²) in [6, 6.07) is 7.95. The number of imide groups is 1. The molecule has 0 N–H and O–H groups in total. The molecule has 126 valence electrons. The molecule has 25 heavy (non-hydrogen) atoms. The fourth-order valence-electron chi connectivity index (χ4n) is 2.65. The second kappa shape index (κ2) is 6.49. The van der Waals surface area contributed by atoms with Crippen molar-refractivity contribution in [3.63, 3.8) is 0 Å². The van der Waals surface area contributed by atoms with E-state index in [1.165, 1.54) is 19.4 Å². The summed E-state index contributed by atoms with van der Waals surface area (Å²) in [5, 5.41) is 0.123. The normalized spacial score (nSPS) is 13.0. The van der Waals surface area contributed by atoms with Crippen molar-refractivity contribution in [2.45, 2.75) is 0 Å². The lowest BCUT2D eigenvalue weighted by Gasteiger charge is -2.17. The number of rotatable bonds is 4. The Hall–Kier alpha value is -2.99. The zero-order valence-corrected chi connectivity index (χ0v) is 14.0. The minimum atomic E-state index is -0.609. The predicted molar refractivity (Wildman–Crippen MR) is 91.4 cm³/mol. The zero-order chi connectivity index (χ0) is 18.1. The molecule has 0 unspecified atom stereocenters. The molecule has 1 aliphatic rings. The second-order valence-electron chi connectivity index (χ2n) is 5.39. The summed E-state index contributed by atoms with van der Waals surface area (Å²) >= 11 is 5.83. The van der Waals surface area contributed by atoms with Gasteiger partial charge in [0, 0.05) is 11.8 Å². The van der Waals surface area contributed by atoms with Crippen LogP contribution in [0.5, 0.6) is 0 Å². The summed E-state index contributed by atoms with van der Waals surface area (Å²) in [5.74, 6) is -1.41. The molecular formula is C18H13ClN2O4. The Morgan fingerprint density at radius 3 is 2.36 bits per heavy atom. The first kappa shape index (κ1) is 16.9. The topological polar surface area (TPSA) is 76.6 Å². The molecule has 1 aromatic heterocycles. The number of amides is 2. The van der Waals surface area contributed by atoms with Crippen LogP contribution in [0.25, 0.3) is 5.57 Å². The molecule has 2 amide bonds. The summed E-state index contributed by atoms with van der Waals surface area (Å²) in [6.07, 6.45) is 1.37. The van der Waals surface area contributed by atoms with Crippen molar-refractivity contribution < 1.29 is 19.1 Å². The molecule has 0 saturated carbocycles. The predicted octanol–water partition coefficient (Wildman–Crippen LogP) is 2.83. The average molecular weight is 357 g/mol. The second-order valence-corrected chi connectivity index (χ2v) is 5.78. The van der Waals surface area contributed by atoms with E-state index in [9.17, 15) is 14.4 Å². The van der Waals surface area contributed by atoms with Gasteiger partial charge < -0.3 is 4.74 Å². The van der Waals surface area contributed by atoms with Crippen LogP contribution < -0.4 is 0 Å². The van der Waals surface area contributed by atoms with E-state index in [1.54, 1.807) is 24.3 Å². The Kier molecular flexibility index (Phi) is 4.37. The van der Waals surface area contributed by atoms with E-state index in [-0.39, 0.29) is 17.3 Å². The molecule has 0 saturated heterocycles. The van der Waals surface area contributed by atoms with Gasteiger partial charge in [-0.05, 0) is 23.8 Å². The lowest BCUT2D eigenvalue weighted by atomic mass is 10.0. The molecule has 0 spiro atoms. The maximum atomic E-state index is 12.4. The third-order valence-corrected chi connectivity index (χ3v) is 4.09. The van der Waals surface area contributed by atoms with Gasteiger partial charge in [0.1, 0.15) is 5.15 Å². The molecule has 0 bridgehead atoms. The first-order valence-electron chi connectivity index (χ1n) is 7.31. The first-order chi connectivity index (χ1) is 11.9. The van der Waals surface area contributed by atoms with Crippen molar-refractivity contribution in [3.8, 4) is 0 Å². The van der Waals surface area contributed by atoms with Gasteiger partial charge in [0.15, 0.2) is 0 Å². The molecule has 0 radical (unpaired) electrons. The van der Waals surface area contributed by atoms with Gasteiger partial charge in [0.25, 0.3) is 11.8 Å².